The van der Waals surface area contributed by atoms with Crippen LogP contribution in [-0.2, 0) is 21.1 Å². The number of benzene rings is 4. The molecule has 0 amide bonds. The van der Waals surface area contributed by atoms with E-state index in [1.54, 1.807) is 7.11 Å². The predicted octanol–water partition coefficient (Wildman–Crippen LogP) is 8.36. The Hall–Kier alpha value is -4.67. The number of aromatic nitrogens is 4. The maximum absolute atomic E-state index is 6.40. The summed E-state index contributed by atoms with van der Waals surface area (Å²) in [6, 6.07) is 37.4. The summed E-state index contributed by atoms with van der Waals surface area (Å²) in [5, 5.41) is 7.06. The summed E-state index contributed by atoms with van der Waals surface area (Å²) < 4.78 is 16.1. The summed E-state index contributed by atoms with van der Waals surface area (Å²) in [5.74, 6) is 2.55. The zero-order chi connectivity index (χ0) is 28.8. The minimum atomic E-state index is 0. The van der Waals surface area contributed by atoms with Gasteiger partial charge in [-0.15, -0.1) is 29.7 Å². The van der Waals surface area contributed by atoms with E-state index in [0.29, 0.717) is 17.2 Å². The molecule has 43 heavy (non-hydrogen) atoms. The van der Waals surface area contributed by atoms with Crippen LogP contribution in [0.1, 0.15) is 17.0 Å². The Morgan fingerprint density at radius 2 is 1.56 bits per heavy atom. The molecular weight excluding hydrogens is 716 g/mol. The molecular formula is C36H28N4O2Pt. The minimum Gasteiger partial charge on any atom is -0.522 e. The number of rotatable bonds is 6. The maximum Gasteiger partial charge on any atom is 2.00 e. The number of para-hydroxylation sites is 1. The average Bonchev–Trinajstić information content (AvgIpc) is 3.50. The van der Waals surface area contributed by atoms with Gasteiger partial charge in [0.1, 0.15) is 5.82 Å². The minimum absolute atomic E-state index is 0. The first kappa shape index (κ1) is 28.4. The fourth-order valence-corrected chi connectivity index (χ4v) is 5.62. The molecule has 0 spiro atoms. The summed E-state index contributed by atoms with van der Waals surface area (Å²) in [6.45, 7) is 6.16. The number of hydrogen-bond donors (Lipinski definition) is 0. The van der Waals surface area contributed by atoms with E-state index < -0.39 is 0 Å². The van der Waals surface area contributed by atoms with Gasteiger partial charge in [-0.2, -0.15) is 11.2 Å². The van der Waals surface area contributed by atoms with Crippen LogP contribution in [0, 0.1) is 32.9 Å². The molecule has 214 valence electrons. The van der Waals surface area contributed by atoms with Gasteiger partial charge in [0.25, 0.3) is 0 Å². The Morgan fingerprint density at radius 1 is 0.767 bits per heavy atom. The van der Waals surface area contributed by atoms with Gasteiger partial charge in [-0.05, 0) is 61.2 Å². The monoisotopic (exact) mass is 743 g/mol. The van der Waals surface area contributed by atoms with Crippen molar-refractivity contribution in [1.82, 2.24) is 19.3 Å². The van der Waals surface area contributed by atoms with Crippen LogP contribution in [0.4, 0.5) is 0 Å². The molecule has 0 N–H and O–H groups in total. The molecule has 0 bridgehead atoms. The molecule has 0 aliphatic carbocycles. The molecule has 0 atom stereocenters. The molecule has 7 aromatic rings. The Bertz CT molecular complexity index is 2100. The largest absolute Gasteiger partial charge is 2.00 e. The van der Waals surface area contributed by atoms with Crippen LogP contribution in [0.5, 0.6) is 17.2 Å². The molecule has 0 saturated carbocycles. The van der Waals surface area contributed by atoms with E-state index in [0.717, 1.165) is 61.4 Å². The summed E-state index contributed by atoms with van der Waals surface area (Å²) in [6.07, 6.45) is 1.83. The van der Waals surface area contributed by atoms with Crippen molar-refractivity contribution in [3.05, 3.63) is 126 Å². The number of nitrogens with zero attached hydrogens (tertiary/aromatic N) is 4. The fourth-order valence-electron chi connectivity index (χ4n) is 5.62. The van der Waals surface area contributed by atoms with Crippen LogP contribution < -0.4 is 9.47 Å². The van der Waals surface area contributed by atoms with Crippen molar-refractivity contribution in [3.63, 3.8) is 0 Å². The van der Waals surface area contributed by atoms with Gasteiger partial charge in [0.05, 0.1) is 12.8 Å². The fraction of sp³-hybridized carbons (Fsp3) is 0.111. The second kappa shape index (κ2) is 11.5. The van der Waals surface area contributed by atoms with Crippen LogP contribution in [0.2, 0.25) is 0 Å². The van der Waals surface area contributed by atoms with Gasteiger partial charge in [-0.25, -0.2) is 4.98 Å². The average molecular weight is 744 g/mol. The van der Waals surface area contributed by atoms with Gasteiger partial charge in [0.2, 0.25) is 0 Å². The van der Waals surface area contributed by atoms with E-state index >= 15 is 0 Å². The van der Waals surface area contributed by atoms with E-state index in [1.807, 2.05) is 66.3 Å². The van der Waals surface area contributed by atoms with Crippen molar-refractivity contribution in [3.8, 4) is 39.9 Å². The third kappa shape index (κ3) is 5.13. The molecule has 3 aromatic heterocycles. The predicted molar refractivity (Wildman–Crippen MR) is 166 cm³/mol. The van der Waals surface area contributed by atoms with Gasteiger partial charge in [0.15, 0.2) is 0 Å². The van der Waals surface area contributed by atoms with Gasteiger partial charge in [0, 0.05) is 40.2 Å². The summed E-state index contributed by atoms with van der Waals surface area (Å²) in [4.78, 5) is 4.67. The second-order valence-electron chi connectivity index (χ2n) is 10.3. The Labute approximate surface area is 264 Å². The van der Waals surface area contributed by atoms with Crippen molar-refractivity contribution in [2.24, 2.45) is 0 Å². The second-order valence-corrected chi connectivity index (χ2v) is 10.3. The molecule has 4 aromatic carbocycles. The normalized spacial score (nSPS) is 11.1. The zero-order valence-electron chi connectivity index (χ0n) is 24.2. The van der Waals surface area contributed by atoms with E-state index in [2.05, 4.69) is 78.0 Å². The summed E-state index contributed by atoms with van der Waals surface area (Å²) >= 11 is 0. The van der Waals surface area contributed by atoms with Crippen LogP contribution in [0.15, 0.2) is 97.2 Å². The topological polar surface area (TPSA) is 54.1 Å². The Morgan fingerprint density at radius 3 is 2.35 bits per heavy atom. The van der Waals surface area contributed by atoms with E-state index in [1.165, 1.54) is 0 Å². The molecule has 0 aliphatic rings. The maximum atomic E-state index is 6.40. The first-order chi connectivity index (χ1) is 20.5. The summed E-state index contributed by atoms with van der Waals surface area (Å²) in [7, 11) is 1.64. The van der Waals surface area contributed by atoms with E-state index in [9.17, 15) is 0 Å². The van der Waals surface area contributed by atoms with Gasteiger partial charge >= 0.3 is 21.1 Å². The van der Waals surface area contributed by atoms with Crippen LogP contribution in [0.3, 0.4) is 0 Å². The number of aryl methyl sites for hydroxylation is 2. The van der Waals surface area contributed by atoms with Crippen molar-refractivity contribution in [2.45, 2.75) is 20.8 Å². The van der Waals surface area contributed by atoms with Crippen molar-refractivity contribution in [2.75, 3.05) is 7.11 Å². The third-order valence-corrected chi connectivity index (χ3v) is 7.53. The van der Waals surface area contributed by atoms with E-state index in [4.69, 9.17) is 14.6 Å². The first-order valence-corrected chi connectivity index (χ1v) is 13.8. The molecule has 3 heterocycles. The smallest absolute Gasteiger partial charge is 0.522 e. The van der Waals surface area contributed by atoms with Crippen LogP contribution in [0.25, 0.3) is 44.4 Å². The summed E-state index contributed by atoms with van der Waals surface area (Å²) in [5.41, 5.74) is 7.99. The van der Waals surface area contributed by atoms with Crippen molar-refractivity contribution < 1.29 is 30.5 Å². The SMILES string of the molecule is COc1cc(Oc2[c-]c3c(cc2)c2ccccc2n3-c2cc(C)ccn2)[c-]c(-n2nc(C)c(-c3ccccc3)c2C)c1.[Pt+2]. The number of methoxy groups -OCH3 is 1. The molecule has 0 fully saturated rings. The number of fused-ring (bicyclic) bond motifs is 3. The standard InChI is InChI=1S/C36H28N4O2.Pt/c1-23-16-17-37-35(18-23)39-33-13-9-8-12-31(33)32-15-14-28(22-34(32)39)42-30-20-27(19-29(21-30)41-4)40-25(3)36(24(2)38-40)26-10-6-5-7-11-26;/h5-19,21H,1-4H3;/q-2;+2. The molecule has 0 radical (unpaired) electrons. The zero-order valence-corrected chi connectivity index (χ0v) is 26.4. The number of pyridine rings is 1. The number of ether oxygens (including phenoxy) is 2. The Balaban J connectivity index is 0.00000329. The molecule has 0 unspecified atom stereocenters. The first-order valence-electron chi connectivity index (χ1n) is 13.8. The molecule has 7 rings (SSSR count). The van der Waals surface area contributed by atoms with Gasteiger partial charge in [-0.1, -0.05) is 60.1 Å². The molecule has 7 heteroatoms. The quantitative estimate of drug-likeness (QED) is 0.161. The number of hydrogen-bond acceptors (Lipinski definition) is 4. The Kier molecular flexibility index (Phi) is 7.64. The molecule has 6 nitrogen and oxygen atoms in total. The molecule has 0 saturated heterocycles. The van der Waals surface area contributed by atoms with E-state index in [-0.39, 0.29) is 21.1 Å². The van der Waals surface area contributed by atoms with Crippen LogP contribution >= 0.6 is 0 Å². The van der Waals surface area contributed by atoms with Crippen molar-refractivity contribution in [1.29, 1.82) is 0 Å². The van der Waals surface area contributed by atoms with Gasteiger partial charge < -0.3 is 14.0 Å². The van der Waals surface area contributed by atoms with Crippen LogP contribution in [-0.4, -0.2) is 26.4 Å². The van der Waals surface area contributed by atoms with Gasteiger partial charge in [-0.3, -0.25) is 4.68 Å². The third-order valence-electron chi connectivity index (χ3n) is 7.53. The molecule has 0 aliphatic heterocycles. The van der Waals surface area contributed by atoms with Crippen molar-refractivity contribution >= 4 is 21.8 Å².